The lowest BCUT2D eigenvalue weighted by Crippen LogP contribution is -2.46. The molecule has 0 aromatic heterocycles. The number of benzene rings is 1. The van der Waals surface area contributed by atoms with Gasteiger partial charge in [-0.2, -0.15) is 0 Å². The van der Waals surface area contributed by atoms with Crippen LogP contribution in [0.15, 0.2) is 30.3 Å². The summed E-state index contributed by atoms with van der Waals surface area (Å²) in [5, 5.41) is 2.41. The van der Waals surface area contributed by atoms with E-state index in [2.05, 4.69) is 5.32 Å². The second-order valence-corrected chi connectivity index (χ2v) is 5.34. The van der Waals surface area contributed by atoms with Crippen molar-refractivity contribution in [2.75, 3.05) is 13.2 Å². The van der Waals surface area contributed by atoms with E-state index in [0.29, 0.717) is 12.5 Å². The van der Waals surface area contributed by atoms with Crippen molar-refractivity contribution in [1.82, 2.24) is 5.32 Å². The number of carbonyl (C=O) groups excluding carboxylic acids is 2. The average molecular weight is 345 g/mol. The molecule has 130 valence electrons. The fourth-order valence-corrected chi connectivity index (χ4v) is 1.62. The monoisotopic (exact) mass is 344 g/mol. The highest BCUT2D eigenvalue weighted by Crippen LogP contribution is 2.02. The lowest BCUT2D eigenvalue weighted by Gasteiger charge is -2.16. The summed E-state index contributed by atoms with van der Waals surface area (Å²) in [6.45, 7) is 4.47. The summed E-state index contributed by atoms with van der Waals surface area (Å²) >= 11 is 0. The van der Waals surface area contributed by atoms with Crippen molar-refractivity contribution in [1.29, 1.82) is 0 Å². The Hall–Kier alpha value is -1.79. The van der Waals surface area contributed by atoms with E-state index in [1.54, 1.807) is 0 Å². The molecule has 1 unspecified atom stereocenters. The standard InChI is InChI=1S/C16H24N2O4.ClH/c1-12(2)8-9-21-15(19)14(10-17)18-16(20)22-11-13-6-4-3-5-7-13;/h3-7,12,14H,8-11,17H2,1-2H3,(H,18,20);1H. The van der Waals surface area contributed by atoms with Crippen molar-refractivity contribution in [2.24, 2.45) is 11.7 Å². The first-order valence-corrected chi connectivity index (χ1v) is 7.36. The third-order valence-electron chi connectivity index (χ3n) is 2.96. The molecule has 1 rings (SSSR count). The fraction of sp³-hybridized carbons (Fsp3) is 0.500. The van der Waals surface area contributed by atoms with E-state index < -0.39 is 18.1 Å². The minimum atomic E-state index is -0.893. The summed E-state index contributed by atoms with van der Waals surface area (Å²) < 4.78 is 10.1. The Labute approximate surface area is 143 Å². The molecule has 0 radical (unpaired) electrons. The molecule has 0 heterocycles. The van der Waals surface area contributed by atoms with Crippen LogP contribution in [0.4, 0.5) is 4.79 Å². The molecule has 6 nitrogen and oxygen atoms in total. The SMILES string of the molecule is CC(C)CCOC(=O)C(CN)NC(=O)OCc1ccccc1.Cl. The maximum Gasteiger partial charge on any atom is 0.408 e. The van der Waals surface area contributed by atoms with Gasteiger partial charge in [-0.05, 0) is 17.9 Å². The zero-order valence-corrected chi connectivity index (χ0v) is 14.3. The Morgan fingerprint density at radius 2 is 1.83 bits per heavy atom. The molecule has 0 aliphatic carbocycles. The number of ether oxygens (including phenoxy) is 2. The van der Waals surface area contributed by atoms with Gasteiger partial charge < -0.3 is 20.5 Å². The van der Waals surface area contributed by atoms with E-state index in [1.165, 1.54) is 0 Å². The van der Waals surface area contributed by atoms with E-state index in [0.717, 1.165) is 12.0 Å². The summed E-state index contributed by atoms with van der Waals surface area (Å²) in [7, 11) is 0. The summed E-state index contributed by atoms with van der Waals surface area (Å²) in [4.78, 5) is 23.5. The Bertz CT molecular complexity index is 468. The molecular formula is C16H25ClN2O4. The Morgan fingerprint density at radius 3 is 2.39 bits per heavy atom. The number of esters is 1. The molecule has 1 atom stereocenters. The number of hydrogen-bond acceptors (Lipinski definition) is 5. The maximum atomic E-state index is 11.8. The maximum absolute atomic E-state index is 11.8. The molecule has 0 fully saturated rings. The zero-order valence-electron chi connectivity index (χ0n) is 13.5. The number of nitrogens with one attached hydrogen (secondary N) is 1. The van der Waals surface area contributed by atoms with Crippen LogP contribution in [0.5, 0.6) is 0 Å². The molecule has 1 aromatic carbocycles. The van der Waals surface area contributed by atoms with Crippen molar-refractivity contribution in [3.63, 3.8) is 0 Å². The molecule has 23 heavy (non-hydrogen) atoms. The van der Waals surface area contributed by atoms with Crippen molar-refractivity contribution in [2.45, 2.75) is 32.9 Å². The van der Waals surface area contributed by atoms with Gasteiger partial charge in [-0.25, -0.2) is 9.59 Å². The average Bonchev–Trinajstić information content (AvgIpc) is 2.51. The molecule has 0 aliphatic heterocycles. The van der Waals surface area contributed by atoms with Crippen molar-refractivity contribution in [3.8, 4) is 0 Å². The third kappa shape index (κ3) is 9.05. The van der Waals surface area contributed by atoms with Crippen LogP contribution in [-0.2, 0) is 20.9 Å². The second-order valence-electron chi connectivity index (χ2n) is 5.34. The van der Waals surface area contributed by atoms with Gasteiger partial charge in [0, 0.05) is 6.54 Å². The van der Waals surface area contributed by atoms with Crippen LogP contribution in [0.25, 0.3) is 0 Å². The second kappa shape index (κ2) is 11.7. The van der Waals surface area contributed by atoms with Gasteiger partial charge in [0.15, 0.2) is 0 Å². The molecular weight excluding hydrogens is 320 g/mol. The number of alkyl carbamates (subject to hydrolysis) is 1. The van der Waals surface area contributed by atoms with Gasteiger partial charge in [0.05, 0.1) is 6.61 Å². The van der Waals surface area contributed by atoms with Crippen molar-refractivity contribution >= 4 is 24.5 Å². The normalized spacial score (nSPS) is 11.3. The molecule has 1 amide bonds. The number of nitrogens with two attached hydrogens (primary N) is 1. The predicted octanol–water partition coefficient (Wildman–Crippen LogP) is 2.25. The van der Waals surface area contributed by atoms with Crippen LogP contribution >= 0.6 is 12.4 Å². The van der Waals surface area contributed by atoms with Gasteiger partial charge in [-0.15, -0.1) is 12.4 Å². The van der Waals surface area contributed by atoms with E-state index in [1.807, 2.05) is 44.2 Å². The Balaban J connectivity index is 0.00000484. The quantitative estimate of drug-likeness (QED) is 0.706. The van der Waals surface area contributed by atoms with Crippen LogP contribution in [0, 0.1) is 5.92 Å². The van der Waals surface area contributed by atoms with Gasteiger partial charge in [0.1, 0.15) is 12.6 Å². The van der Waals surface area contributed by atoms with E-state index in [9.17, 15) is 9.59 Å². The lowest BCUT2D eigenvalue weighted by atomic mass is 10.1. The van der Waals surface area contributed by atoms with Gasteiger partial charge in [-0.3, -0.25) is 0 Å². The van der Waals surface area contributed by atoms with Crippen LogP contribution < -0.4 is 11.1 Å². The third-order valence-corrected chi connectivity index (χ3v) is 2.96. The summed E-state index contributed by atoms with van der Waals surface area (Å²) in [6.07, 6.45) is 0.0710. The predicted molar refractivity (Wildman–Crippen MR) is 90.3 cm³/mol. The molecule has 0 saturated heterocycles. The van der Waals surface area contributed by atoms with Gasteiger partial charge in [0.2, 0.25) is 0 Å². The molecule has 0 saturated carbocycles. The summed E-state index contributed by atoms with van der Waals surface area (Å²) in [5.74, 6) is -0.104. The van der Waals surface area contributed by atoms with E-state index in [4.69, 9.17) is 15.2 Å². The smallest absolute Gasteiger partial charge is 0.408 e. The van der Waals surface area contributed by atoms with Gasteiger partial charge in [-0.1, -0.05) is 44.2 Å². The highest BCUT2D eigenvalue weighted by molar-refractivity contribution is 5.85. The molecule has 0 bridgehead atoms. The molecule has 0 aliphatic rings. The summed E-state index contributed by atoms with van der Waals surface area (Å²) in [6, 6.07) is 8.37. The topological polar surface area (TPSA) is 90.6 Å². The first-order valence-electron chi connectivity index (χ1n) is 7.36. The minimum Gasteiger partial charge on any atom is -0.464 e. The number of hydrogen-bond donors (Lipinski definition) is 2. The number of halogens is 1. The molecule has 1 aromatic rings. The molecule has 3 N–H and O–H groups in total. The zero-order chi connectivity index (χ0) is 16.4. The van der Waals surface area contributed by atoms with Crippen molar-refractivity contribution in [3.05, 3.63) is 35.9 Å². The number of amides is 1. The summed E-state index contributed by atoms with van der Waals surface area (Å²) in [5.41, 5.74) is 6.35. The van der Waals surface area contributed by atoms with Crippen LogP contribution in [0.2, 0.25) is 0 Å². The Kier molecular flexibility index (Phi) is 10.8. The van der Waals surface area contributed by atoms with Gasteiger partial charge in [0.25, 0.3) is 0 Å². The van der Waals surface area contributed by atoms with E-state index in [-0.39, 0.29) is 25.6 Å². The Morgan fingerprint density at radius 1 is 1.17 bits per heavy atom. The molecule has 7 heteroatoms. The number of carbonyl (C=O) groups is 2. The van der Waals surface area contributed by atoms with E-state index >= 15 is 0 Å². The van der Waals surface area contributed by atoms with Crippen LogP contribution in [-0.4, -0.2) is 31.3 Å². The van der Waals surface area contributed by atoms with Crippen molar-refractivity contribution < 1.29 is 19.1 Å². The molecule has 0 spiro atoms. The highest BCUT2D eigenvalue weighted by atomic mass is 35.5. The van der Waals surface area contributed by atoms with Crippen LogP contribution in [0.1, 0.15) is 25.8 Å². The lowest BCUT2D eigenvalue weighted by molar-refractivity contribution is -0.146. The number of rotatable bonds is 8. The van der Waals surface area contributed by atoms with Gasteiger partial charge >= 0.3 is 12.1 Å². The minimum absolute atomic E-state index is 0. The largest absolute Gasteiger partial charge is 0.464 e. The fourth-order valence-electron chi connectivity index (χ4n) is 1.62. The van der Waals surface area contributed by atoms with Crippen LogP contribution in [0.3, 0.4) is 0 Å². The first kappa shape index (κ1) is 21.2. The first-order chi connectivity index (χ1) is 10.5. The highest BCUT2D eigenvalue weighted by Gasteiger charge is 2.21.